The molecule has 0 amide bonds. The van der Waals surface area contributed by atoms with Gasteiger partial charge in [-0.15, -0.1) is 6.58 Å². The highest BCUT2D eigenvalue weighted by molar-refractivity contribution is 5.66. The lowest BCUT2D eigenvalue weighted by Crippen LogP contribution is -2.00. The topological polar surface area (TPSA) is 52.6 Å². The second-order valence-corrected chi connectivity index (χ2v) is 8.05. The van der Waals surface area contributed by atoms with Crippen LogP contribution in [0, 0.1) is 0 Å². The number of esters is 2. The molecular weight excluding hydrogens is 400 g/mol. The van der Waals surface area contributed by atoms with E-state index in [-0.39, 0.29) is 11.9 Å². The van der Waals surface area contributed by atoms with Gasteiger partial charge in [0.1, 0.15) is 0 Å². The van der Waals surface area contributed by atoms with Gasteiger partial charge in [0, 0.05) is 13.8 Å². The molecule has 0 rings (SSSR count). The molecule has 0 spiro atoms. The fourth-order valence-electron chi connectivity index (χ4n) is 2.99. The van der Waals surface area contributed by atoms with Crippen LogP contribution >= 0.6 is 0 Å². The number of allylic oxidation sites excluding steroid dienone is 5. The fourth-order valence-corrected chi connectivity index (χ4v) is 2.99. The van der Waals surface area contributed by atoms with E-state index in [1.807, 2.05) is 6.08 Å². The number of hydrogen-bond donors (Lipinski definition) is 0. The Kier molecular flexibility index (Phi) is 29.5. The van der Waals surface area contributed by atoms with Gasteiger partial charge >= 0.3 is 11.9 Å². The molecule has 0 bridgehead atoms. The number of unbranched alkanes of at least 4 members (excludes halogenated alkanes) is 12. The zero-order valence-corrected chi connectivity index (χ0v) is 21.2. The first-order chi connectivity index (χ1) is 15.5. The highest BCUT2D eigenvalue weighted by Gasteiger charge is 1.94. The van der Waals surface area contributed by atoms with Crippen molar-refractivity contribution in [2.24, 2.45) is 0 Å². The minimum Gasteiger partial charge on any atom is -0.466 e. The normalized spacial score (nSPS) is 10.7. The van der Waals surface area contributed by atoms with E-state index in [2.05, 4.69) is 37.8 Å². The molecule has 0 saturated carbocycles. The van der Waals surface area contributed by atoms with Crippen molar-refractivity contribution >= 4 is 11.9 Å². The van der Waals surface area contributed by atoms with E-state index in [4.69, 9.17) is 9.47 Å². The number of ether oxygens (including phenoxy) is 2. The Hall–Kier alpha value is -1.84. The average molecular weight is 451 g/mol. The molecule has 0 aromatic heterocycles. The zero-order chi connectivity index (χ0) is 24.1. The summed E-state index contributed by atoms with van der Waals surface area (Å²) in [6, 6.07) is 0. The van der Waals surface area contributed by atoms with Crippen LogP contribution in [-0.2, 0) is 19.1 Å². The standard InChI is InChI=1S/C14H26O2.C14H24O2/c2*1-3-4-5-6-7-8-9-10-11-12-13-16-14(2)15/h3H,1,4-13H2,2H3;4-7H,3,8-13H2,1-2H3. The SMILES string of the molecule is C=CCCCCCCCCCCOC(C)=O.CCC=CC=CCCCCCCOC(C)=O. The predicted octanol–water partition coefficient (Wildman–Crippen LogP) is 8.27. The maximum Gasteiger partial charge on any atom is 0.302 e. The summed E-state index contributed by atoms with van der Waals surface area (Å²) in [5, 5.41) is 0. The molecule has 0 aromatic rings. The van der Waals surface area contributed by atoms with Crippen molar-refractivity contribution in [1.82, 2.24) is 0 Å². The van der Waals surface area contributed by atoms with Gasteiger partial charge < -0.3 is 9.47 Å². The second kappa shape index (κ2) is 29.2. The van der Waals surface area contributed by atoms with Crippen LogP contribution in [0.2, 0.25) is 0 Å². The van der Waals surface area contributed by atoms with Gasteiger partial charge in [0.25, 0.3) is 0 Å². The van der Waals surface area contributed by atoms with Gasteiger partial charge in [-0.2, -0.15) is 0 Å². The quantitative estimate of drug-likeness (QED) is 0.0810. The summed E-state index contributed by atoms with van der Waals surface area (Å²) < 4.78 is 9.72. The minimum atomic E-state index is -0.175. The maximum absolute atomic E-state index is 10.5. The van der Waals surface area contributed by atoms with Gasteiger partial charge in [-0.1, -0.05) is 88.7 Å². The summed E-state index contributed by atoms with van der Waals surface area (Å²) in [7, 11) is 0. The molecule has 0 unspecified atom stereocenters. The summed E-state index contributed by atoms with van der Waals surface area (Å²) in [5.74, 6) is -0.340. The van der Waals surface area contributed by atoms with Crippen molar-refractivity contribution in [1.29, 1.82) is 0 Å². The Balaban J connectivity index is 0. The summed E-state index contributed by atoms with van der Waals surface area (Å²) >= 11 is 0. The molecular formula is C28H50O4. The molecule has 0 aliphatic carbocycles. The summed E-state index contributed by atoms with van der Waals surface area (Å²) in [6.07, 6.45) is 28.6. The Morgan fingerprint density at radius 2 is 1.03 bits per heavy atom. The van der Waals surface area contributed by atoms with Crippen LogP contribution in [0.15, 0.2) is 37.0 Å². The van der Waals surface area contributed by atoms with Crippen molar-refractivity contribution in [2.45, 2.75) is 117 Å². The molecule has 0 atom stereocenters. The first-order valence-electron chi connectivity index (χ1n) is 12.7. The molecule has 4 heteroatoms. The third kappa shape index (κ3) is 35.6. The lowest BCUT2D eigenvalue weighted by atomic mass is 10.1. The zero-order valence-electron chi connectivity index (χ0n) is 21.2. The second-order valence-electron chi connectivity index (χ2n) is 8.05. The van der Waals surface area contributed by atoms with E-state index in [0.29, 0.717) is 13.2 Å². The number of rotatable bonds is 20. The molecule has 4 nitrogen and oxygen atoms in total. The lowest BCUT2D eigenvalue weighted by Gasteiger charge is -2.02. The van der Waals surface area contributed by atoms with Crippen molar-refractivity contribution in [2.75, 3.05) is 13.2 Å². The highest BCUT2D eigenvalue weighted by atomic mass is 16.5. The fraction of sp³-hybridized carbons (Fsp3) is 0.714. The van der Waals surface area contributed by atoms with Gasteiger partial charge in [-0.05, 0) is 44.9 Å². The molecule has 186 valence electrons. The lowest BCUT2D eigenvalue weighted by molar-refractivity contribution is -0.142. The Morgan fingerprint density at radius 1 is 0.625 bits per heavy atom. The average Bonchev–Trinajstić information content (AvgIpc) is 2.76. The third-order valence-electron chi connectivity index (χ3n) is 4.80. The minimum absolute atomic E-state index is 0.165. The monoisotopic (exact) mass is 450 g/mol. The molecule has 0 saturated heterocycles. The smallest absolute Gasteiger partial charge is 0.302 e. The predicted molar refractivity (Wildman–Crippen MR) is 137 cm³/mol. The Labute approximate surface area is 198 Å². The molecule has 32 heavy (non-hydrogen) atoms. The van der Waals surface area contributed by atoms with Crippen LogP contribution < -0.4 is 0 Å². The van der Waals surface area contributed by atoms with Crippen molar-refractivity contribution in [3.8, 4) is 0 Å². The molecule has 0 heterocycles. The van der Waals surface area contributed by atoms with E-state index in [1.54, 1.807) is 0 Å². The van der Waals surface area contributed by atoms with Crippen LogP contribution in [-0.4, -0.2) is 25.2 Å². The van der Waals surface area contributed by atoms with E-state index in [0.717, 1.165) is 38.5 Å². The van der Waals surface area contributed by atoms with Crippen LogP contribution in [0.5, 0.6) is 0 Å². The molecule has 0 N–H and O–H groups in total. The summed E-state index contributed by atoms with van der Waals surface area (Å²) in [4.78, 5) is 20.9. The number of carbonyl (C=O) groups is 2. The van der Waals surface area contributed by atoms with E-state index >= 15 is 0 Å². The largest absolute Gasteiger partial charge is 0.466 e. The van der Waals surface area contributed by atoms with Crippen molar-refractivity contribution in [3.63, 3.8) is 0 Å². The number of carbonyl (C=O) groups excluding carboxylic acids is 2. The van der Waals surface area contributed by atoms with Gasteiger partial charge in [-0.3, -0.25) is 9.59 Å². The van der Waals surface area contributed by atoms with E-state index in [9.17, 15) is 9.59 Å². The highest BCUT2D eigenvalue weighted by Crippen LogP contribution is 2.09. The van der Waals surface area contributed by atoms with Gasteiger partial charge in [0.2, 0.25) is 0 Å². The van der Waals surface area contributed by atoms with E-state index in [1.165, 1.54) is 71.6 Å². The van der Waals surface area contributed by atoms with Gasteiger partial charge in [-0.25, -0.2) is 0 Å². The Morgan fingerprint density at radius 3 is 1.47 bits per heavy atom. The molecule has 0 aromatic carbocycles. The Bertz CT molecular complexity index is 480. The van der Waals surface area contributed by atoms with Crippen LogP contribution in [0.3, 0.4) is 0 Å². The third-order valence-corrected chi connectivity index (χ3v) is 4.80. The van der Waals surface area contributed by atoms with Gasteiger partial charge in [0.15, 0.2) is 0 Å². The molecule has 0 aliphatic rings. The molecule has 0 aliphatic heterocycles. The van der Waals surface area contributed by atoms with Crippen LogP contribution in [0.4, 0.5) is 0 Å². The van der Waals surface area contributed by atoms with Crippen molar-refractivity contribution < 1.29 is 19.1 Å². The van der Waals surface area contributed by atoms with Crippen LogP contribution in [0.25, 0.3) is 0 Å². The van der Waals surface area contributed by atoms with Gasteiger partial charge in [0.05, 0.1) is 13.2 Å². The molecule has 0 radical (unpaired) electrons. The first kappa shape index (κ1) is 32.3. The molecule has 0 fully saturated rings. The summed E-state index contributed by atoms with van der Waals surface area (Å²) in [5.41, 5.74) is 0. The van der Waals surface area contributed by atoms with Crippen molar-refractivity contribution in [3.05, 3.63) is 37.0 Å². The van der Waals surface area contributed by atoms with E-state index < -0.39 is 0 Å². The maximum atomic E-state index is 10.5. The summed E-state index contributed by atoms with van der Waals surface area (Å²) in [6.45, 7) is 9.93. The van der Waals surface area contributed by atoms with Crippen LogP contribution in [0.1, 0.15) is 117 Å². The number of hydrogen-bond acceptors (Lipinski definition) is 4. The first-order valence-corrected chi connectivity index (χ1v) is 12.7.